The molecule has 4 rings (SSSR count). The van der Waals surface area contributed by atoms with Gasteiger partial charge in [0.1, 0.15) is 17.9 Å². The molecule has 0 atom stereocenters. The van der Waals surface area contributed by atoms with Gasteiger partial charge in [0.25, 0.3) is 0 Å². The summed E-state index contributed by atoms with van der Waals surface area (Å²) in [5.41, 5.74) is 2.48. The van der Waals surface area contributed by atoms with Crippen LogP contribution in [0.1, 0.15) is 0 Å². The lowest BCUT2D eigenvalue weighted by Crippen LogP contribution is -2.52. The van der Waals surface area contributed by atoms with E-state index in [-0.39, 0.29) is 11.8 Å². The Labute approximate surface area is 168 Å². The molecule has 1 aliphatic heterocycles. The number of carbonyl (C=O) groups is 1. The van der Waals surface area contributed by atoms with Crippen LogP contribution in [0.3, 0.4) is 0 Å². The predicted octanol–water partition coefficient (Wildman–Crippen LogP) is 3.88. The van der Waals surface area contributed by atoms with Crippen LogP contribution >= 0.6 is 11.6 Å². The van der Waals surface area contributed by atoms with Gasteiger partial charge in [0.2, 0.25) is 5.91 Å². The zero-order chi connectivity index (χ0) is 19.5. The molecule has 1 fully saturated rings. The van der Waals surface area contributed by atoms with Gasteiger partial charge in [-0.05, 0) is 18.2 Å². The molecule has 0 spiro atoms. The molecule has 6 nitrogen and oxygen atoms in total. The van der Waals surface area contributed by atoms with Crippen LogP contribution < -0.4 is 15.0 Å². The molecule has 1 aromatic heterocycles. The number of amides is 1. The lowest BCUT2D eigenvalue weighted by Gasteiger charge is -2.39. The third kappa shape index (κ3) is 3.77. The number of nitrogens with one attached hydrogen (secondary N) is 1. The average molecular weight is 395 g/mol. The molecule has 0 aliphatic carbocycles. The summed E-state index contributed by atoms with van der Waals surface area (Å²) >= 11 is 6.02. The molecule has 0 radical (unpaired) electrons. The van der Waals surface area contributed by atoms with E-state index in [1.54, 1.807) is 31.6 Å². The van der Waals surface area contributed by atoms with E-state index in [1.807, 2.05) is 36.4 Å². The Bertz CT molecular complexity index is 991. The van der Waals surface area contributed by atoms with Crippen molar-refractivity contribution in [2.45, 2.75) is 0 Å². The van der Waals surface area contributed by atoms with Crippen molar-refractivity contribution >= 4 is 29.0 Å². The Morgan fingerprint density at radius 1 is 1.14 bits per heavy atom. The molecule has 0 bridgehead atoms. The van der Waals surface area contributed by atoms with E-state index in [4.69, 9.17) is 16.3 Å². The number of hydrogen-bond donors (Lipinski definition) is 1. The molecule has 1 amide bonds. The van der Waals surface area contributed by atoms with Gasteiger partial charge in [-0.15, -0.1) is 0 Å². The number of anilines is 2. The fourth-order valence-electron chi connectivity index (χ4n) is 3.13. The van der Waals surface area contributed by atoms with Gasteiger partial charge in [0, 0.05) is 29.7 Å². The van der Waals surface area contributed by atoms with Crippen LogP contribution in [0.2, 0.25) is 5.02 Å². The largest absolute Gasteiger partial charge is 0.495 e. The van der Waals surface area contributed by atoms with Gasteiger partial charge in [-0.1, -0.05) is 41.9 Å². The first kappa shape index (κ1) is 18.3. The lowest BCUT2D eigenvalue weighted by atomic mass is 9.98. The van der Waals surface area contributed by atoms with Crippen molar-refractivity contribution in [2.24, 2.45) is 5.92 Å². The van der Waals surface area contributed by atoms with Gasteiger partial charge in [-0.3, -0.25) is 4.79 Å². The quantitative estimate of drug-likeness (QED) is 0.711. The maximum Gasteiger partial charge on any atom is 0.231 e. The molecule has 1 N–H and O–H groups in total. The van der Waals surface area contributed by atoms with E-state index < -0.39 is 0 Å². The van der Waals surface area contributed by atoms with Crippen LogP contribution in [-0.2, 0) is 4.79 Å². The molecule has 142 valence electrons. The normalized spacial score (nSPS) is 13.7. The number of aromatic nitrogens is 2. The maximum atomic E-state index is 12.6. The number of halogens is 1. The first-order chi connectivity index (χ1) is 13.6. The molecule has 3 aromatic rings. The number of nitrogens with zero attached hydrogens (tertiary/aromatic N) is 3. The van der Waals surface area contributed by atoms with Crippen LogP contribution in [0.5, 0.6) is 5.75 Å². The molecule has 0 unspecified atom stereocenters. The molecule has 7 heteroatoms. The summed E-state index contributed by atoms with van der Waals surface area (Å²) in [6.45, 7) is 1.19. The SMILES string of the molecule is COc1ccc(Cl)cc1NC(=O)C1CN(c2cc(-c3ccccc3)ncn2)C1. The lowest BCUT2D eigenvalue weighted by molar-refractivity contribution is -0.120. The van der Waals surface area contributed by atoms with Gasteiger partial charge >= 0.3 is 0 Å². The topological polar surface area (TPSA) is 67.3 Å². The first-order valence-corrected chi connectivity index (χ1v) is 9.28. The van der Waals surface area contributed by atoms with Gasteiger partial charge in [-0.25, -0.2) is 9.97 Å². The van der Waals surface area contributed by atoms with Crippen molar-refractivity contribution in [2.75, 3.05) is 30.4 Å². The van der Waals surface area contributed by atoms with Gasteiger partial charge < -0.3 is 15.0 Å². The zero-order valence-electron chi connectivity index (χ0n) is 15.3. The second-order valence-corrected chi connectivity index (χ2v) is 7.00. The van der Waals surface area contributed by atoms with Crippen LogP contribution in [0.25, 0.3) is 11.3 Å². The zero-order valence-corrected chi connectivity index (χ0v) is 16.1. The van der Waals surface area contributed by atoms with Crippen molar-refractivity contribution in [3.63, 3.8) is 0 Å². The number of benzene rings is 2. The molecule has 2 heterocycles. The van der Waals surface area contributed by atoms with Crippen molar-refractivity contribution < 1.29 is 9.53 Å². The average Bonchev–Trinajstić information content (AvgIpc) is 2.68. The Hall–Kier alpha value is -3.12. The molecule has 28 heavy (non-hydrogen) atoms. The molecular formula is C21H19ClN4O2. The highest BCUT2D eigenvalue weighted by atomic mass is 35.5. The molecule has 0 saturated carbocycles. The third-order valence-corrected chi connectivity index (χ3v) is 4.95. The molecular weight excluding hydrogens is 376 g/mol. The fourth-order valence-corrected chi connectivity index (χ4v) is 3.30. The number of carbonyl (C=O) groups excluding carboxylic acids is 1. The minimum Gasteiger partial charge on any atom is -0.495 e. The van der Waals surface area contributed by atoms with Crippen molar-refractivity contribution in [3.05, 3.63) is 65.9 Å². The summed E-state index contributed by atoms with van der Waals surface area (Å²) in [5, 5.41) is 3.45. The number of rotatable bonds is 5. The van der Waals surface area contributed by atoms with Crippen molar-refractivity contribution in [1.82, 2.24) is 9.97 Å². The monoisotopic (exact) mass is 394 g/mol. The molecule has 2 aromatic carbocycles. The highest BCUT2D eigenvalue weighted by Crippen LogP contribution is 2.30. The number of ether oxygens (including phenoxy) is 1. The third-order valence-electron chi connectivity index (χ3n) is 4.72. The number of hydrogen-bond acceptors (Lipinski definition) is 5. The summed E-state index contributed by atoms with van der Waals surface area (Å²) in [4.78, 5) is 23.3. The Balaban J connectivity index is 1.41. The van der Waals surface area contributed by atoms with Crippen molar-refractivity contribution in [3.8, 4) is 17.0 Å². The summed E-state index contributed by atoms with van der Waals surface area (Å²) in [6.07, 6.45) is 1.56. The maximum absolute atomic E-state index is 12.6. The Morgan fingerprint density at radius 3 is 2.68 bits per heavy atom. The summed E-state index contributed by atoms with van der Waals surface area (Å²) in [7, 11) is 1.56. The van der Waals surface area contributed by atoms with Crippen LogP contribution in [0, 0.1) is 5.92 Å². The summed E-state index contributed by atoms with van der Waals surface area (Å²) < 4.78 is 5.28. The minimum atomic E-state index is -0.126. The van der Waals surface area contributed by atoms with Crippen LogP contribution in [-0.4, -0.2) is 36.1 Å². The molecule has 1 aliphatic rings. The predicted molar refractivity (Wildman–Crippen MR) is 110 cm³/mol. The van der Waals surface area contributed by atoms with E-state index in [2.05, 4.69) is 20.2 Å². The highest BCUT2D eigenvalue weighted by Gasteiger charge is 2.34. The van der Waals surface area contributed by atoms with E-state index in [0.717, 1.165) is 17.1 Å². The van der Waals surface area contributed by atoms with E-state index in [0.29, 0.717) is 29.5 Å². The van der Waals surface area contributed by atoms with Gasteiger partial charge in [-0.2, -0.15) is 0 Å². The van der Waals surface area contributed by atoms with Gasteiger partial charge in [0.15, 0.2) is 0 Å². The van der Waals surface area contributed by atoms with Gasteiger partial charge in [0.05, 0.1) is 24.4 Å². The van der Waals surface area contributed by atoms with Crippen LogP contribution in [0.15, 0.2) is 60.9 Å². The smallest absolute Gasteiger partial charge is 0.231 e. The van der Waals surface area contributed by atoms with E-state index in [9.17, 15) is 4.79 Å². The Kier molecular flexibility index (Phi) is 5.12. The molecule has 1 saturated heterocycles. The minimum absolute atomic E-state index is 0.0610. The fraction of sp³-hybridized carbons (Fsp3) is 0.190. The Morgan fingerprint density at radius 2 is 1.93 bits per heavy atom. The summed E-state index contributed by atoms with van der Waals surface area (Å²) in [5.74, 6) is 1.21. The second-order valence-electron chi connectivity index (χ2n) is 6.56. The first-order valence-electron chi connectivity index (χ1n) is 8.91. The van der Waals surface area contributed by atoms with E-state index in [1.165, 1.54) is 0 Å². The summed E-state index contributed by atoms with van der Waals surface area (Å²) in [6, 6.07) is 17.0. The highest BCUT2D eigenvalue weighted by molar-refractivity contribution is 6.31. The second kappa shape index (κ2) is 7.86. The van der Waals surface area contributed by atoms with Crippen LogP contribution in [0.4, 0.5) is 11.5 Å². The number of methoxy groups -OCH3 is 1. The van der Waals surface area contributed by atoms with Crippen molar-refractivity contribution in [1.29, 1.82) is 0 Å². The standard InChI is InChI=1S/C21H19ClN4O2/c1-28-19-8-7-16(22)9-18(19)25-21(27)15-11-26(12-15)20-10-17(23-13-24-20)14-5-3-2-4-6-14/h2-10,13,15H,11-12H2,1H3,(H,25,27). The van der Waals surface area contributed by atoms with E-state index >= 15 is 0 Å².